The smallest absolute Gasteiger partial charge is 0.258 e. The Kier molecular flexibility index (Phi) is 3.97. The van der Waals surface area contributed by atoms with Gasteiger partial charge in [0.25, 0.3) is 5.56 Å². The van der Waals surface area contributed by atoms with Gasteiger partial charge in [0.05, 0.1) is 11.8 Å². The lowest BCUT2D eigenvalue weighted by atomic mass is 10.2. The van der Waals surface area contributed by atoms with Crippen LogP contribution in [-0.4, -0.2) is 39.1 Å². The first-order chi connectivity index (χ1) is 8.97. The summed E-state index contributed by atoms with van der Waals surface area (Å²) in [6.45, 7) is 4.77. The minimum absolute atomic E-state index is 0.0749. The highest BCUT2D eigenvalue weighted by Gasteiger charge is 2.08. The molecule has 1 unspecified atom stereocenters. The van der Waals surface area contributed by atoms with Gasteiger partial charge in [0.15, 0.2) is 0 Å². The molecular weight excluding hydrogens is 242 g/mol. The van der Waals surface area contributed by atoms with Crippen molar-refractivity contribution in [3.05, 3.63) is 46.0 Å². The first-order valence-electron chi connectivity index (χ1n) is 6.32. The van der Waals surface area contributed by atoms with E-state index >= 15 is 0 Å². The monoisotopic (exact) mass is 261 g/mol. The van der Waals surface area contributed by atoms with Crippen LogP contribution in [0.25, 0.3) is 5.65 Å². The molecule has 0 saturated heterocycles. The summed E-state index contributed by atoms with van der Waals surface area (Å²) < 4.78 is 1.55. The molecule has 0 amide bonds. The molecule has 19 heavy (non-hydrogen) atoms. The number of fused-ring (bicyclic) bond motifs is 1. The molecule has 0 saturated carbocycles. The Morgan fingerprint density at radius 1 is 1.53 bits per heavy atom. The van der Waals surface area contributed by atoms with E-state index in [-0.39, 0.29) is 5.56 Å². The van der Waals surface area contributed by atoms with E-state index in [0.29, 0.717) is 18.7 Å². The summed E-state index contributed by atoms with van der Waals surface area (Å²) in [5.74, 6) is 0. The first-order valence-corrected chi connectivity index (χ1v) is 6.32. The quantitative estimate of drug-likeness (QED) is 0.885. The number of aryl methyl sites for hydroxylation is 1. The highest BCUT2D eigenvalue weighted by Crippen LogP contribution is 2.06. The molecule has 1 N–H and O–H groups in total. The highest BCUT2D eigenvalue weighted by atomic mass is 16.3. The van der Waals surface area contributed by atoms with Gasteiger partial charge in [-0.1, -0.05) is 6.07 Å². The lowest BCUT2D eigenvalue weighted by Crippen LogP contribution is -2.28. The molecule has 0 spiro atoms. The first kappa shape index (κ1) is 13.7. The summed E-state index contributed by atoms with van der Waals surface area (Å²) in [6, 6.07) is 5.32. The molecule has 0 aliphatic rings. The van der Waals surface area contributed by atoms with Gasteiger partial charge in [-0.15, -0.1) is 0 Å². The van der Waals surface area contributed by atoms with Crippen LogP contribution in [0, 0.1) is 6.92 Å². The van der Waals surface area contributed by atoms with Crippen molar-refractivity contribution in [3.8, 4) is 0 Å². The molecule has 2 aromatic rings. The largest absolute Gasteiger partial charge is 0.392 e. The number of likely N-dealkylation sites (N-methyl/N-ethyl adjacent to an activating group) is 1. The minimum Gasteiger partial charge on any atom is -0.392 e. The minimum atomic E-state index is -0.395. The van der Waals surface area contributed by atoms with Crippen LogP contribution in [0.15, 0.2) is 29.2 Å². The van der Waals surface area contributed by atoms with Gasteiger partial charge in [0.2, 0.25) is 0 Å². The van der Waals surface area contributed by atoms with Crippen LogP contribution in [0.3, 0.4) is 0 Å². The van der Waals surface area contributed by atoms with Gasteiger partial charge in [-0.2, -0.15) is 0 Å². The predicted octanol–water partition coefficient (Wildman–Crippen LogP) is 0.816. The van der Waals surface area contributed by atoms with E-state index in [1.165, 1.54) is 0 Å². The summed E-state index contributed by atoms with van der Waals surface area (Å²) in [5.41, 5.74) is 2.31. The fraction of sp³-hybridized carbons (Fsp3) is 0.429. The fourth-order valence-electron chi connectivity index (χ4n) is 2.18. The number of nitrogens with zero attached hydrogens (tertiary/aromatic N) is 3. The maximum atomic E-state index is 12.0. The zero-order chi connectivity index (χ0) is 14.0. The van der Waals surface area contributed by atoms with Crippen LogP contribution < -0.4 is 5.56 Å². The maximum Gasteiger partial charge on any atom is 0.258 e. The summed E-state index contributed by atoms with van der Waals surface area (Å²) in [5, 5.41) is 9.34. The van der Waals surface area contributed by atoms with E-state index in [9.17, 15) is 9.90 Å². The Morgan fingerprint density at radius 3 is 2.95 bits per heavy atom. The van der Waals surface area contributed by atoms with Gasteiger partial charge in [-0.25, -0.2) is 4.98 Å². The average molecular weight is 261 g/mol. The third-order valence-electron chi connectivity index (χ3n) is 2.95. The second-order valence-corrected chi connectivity index (χ2v) is 5.02. The number of rotatable bonds is 4. The molecule has 0 fully saturated rings. The van der Waals surface area contributed by atoms with Crippen LogP contribution in [0.5, 0.6) is 0 Å². The summed E-state index contributed by atoms with van der Waals surface area (Å²) in [4.78, 5) is 18.5. The molecule has 0 radical (unpaired) electrons. The second-order valence-electron chi connectivity index (χ2n) is 5.02. The van der Waals surface area contributed by atoms with Gasteiger partial charge >= 0.3 is 0 Å². The molecule has 2 rings (SSSR count). The van der Waals surface area contributed by atoms with Gasteiger partial charge in [-0.3, -0.25) is 14.1 Å². The van der Waals surface area contributed by atoms with E-state index in [1.54, 1.807) is 23.6 Å². The van der Waals surface area contributed by atoms with Crippen molar-refractivity contribution in [2.24, 2.45) is 0 Å². The Labute approximate surface area is 112 Å². The van der Waals surface area contributed by atoms with Crippen molar-refractivity contribution >= 4 is 5.65 Å². The summed E-state index contributed by atoms with van der Waals surface area (Å²) >= 11 is 0. The highest BCUT2D eigenvalue weighted by molar-refractivity contribution is 5.46. The zero-order valence-corrected chi connectivity index (χ0v) is 11.5. The molecule has 2 aromatic heterocycles. The van der Waals surface area contributed by atoms with Crippen LogP contribution in [0.4, 0.5) is 0 Å². The van der Waals surface area contributed by atoms with Crippen molar-refractivity contribution in [3.63, 3.8) is 0 Å². The van der Waals surface area contributed by atoms with E-state index in [1.807, 2.05) is 31.0 Å². The molecule has 0 aliphatic heterocycles. The Hall–Kier alpha value is -1.72. The normalized spacial score (nSPS) is 13.1. The SMILES string of the molecule is Cc1cccn2c(=O)cc(CN(C)CC(C)O)nc12. The lowest BCUT2D eigenvalue weighted by Gasteiger charge is -2.18. The summed E-state index contributed by atoms with van der Waals surface area (Å²) in [6.07, 6.45) is 1.33. The van der Waals surface area contributed by atoms with Crippen LogP contribution in [0.2, 0.25) is 0 Å². The third-order valence-corrected chi connectivity index (χ3v) is 2.95. The standard InChI is InChI=1S/C14H19N3O2/c1-10-5-4-6-17-13(19)7-12(15-14(10)17)9-16(3)8-11(2)18/h4-7,11,18H,8-9H2,1-3H3. The molecule has 2 heterocycles. The second kappa shape index (κ2) is 5.50. The fourth-order valence-corrected chi connectivity index (χ4v) is 2.18. The van der Waals surface area contributed by atoms with Gasteiger partial charge in [0.1, 0.15) is 5.65 Å². The number of hydrogen-bond donors (Lipinski definition) is 1. The molecule has 1 atom stereocenters. The molecule has 5 nitrogen and oxygen atoms in total. The number of aliphatic hydroxyl groups excluding tert-OH is 1. The number of hydrogen-bond acceptors (Lipinski definition) is 4. The van der Waals surface area contributed by atoms with Crippen molar-refractivity contribution in [2.45, 2.75) is 26.5 Å². The molecule has 102 valence electrons. The van der Waals surface area contributed by atoms with Crippen LogP contribution in [0.1, 0.15) is 18.2 Å². The Bertz CT molecular complexity index is 634. The van der Waals surface area contributed by atoms with E-state index < -0.39 is 6.10 Å². The Balaban J connectivity index is 2.35. The van der Waals surface area contributed by atoms with E-state index in [4.69, 9.17) is 0 Å². The topological polar surface area (TPSA) is 57.8 Å². The van der Waals surface area contributed by atoms with Gasteiger partial charge in [0, 0.05) is 25.4 Å². The number of pyridine rings is 1. The molecule has 0 aliphatic carbocycles. The van der Waals surface area contributed by atoms with Crippen LogP contribution in [-0.2, 0) is 6.54 Å². The van der Waals surface area contributed by atoms with Crippen molar-refractivity contribution in [1.29, 1.82) is 0 Å². The van der Waals surface area contributed by atoms with Gasteiger partial charge in [-0.05, 0) is 32.5 Å². The van der Waals surface area contributed by atoms with Crippen molar-refractivity contribution < 1.29 is 5.11 Å². The van der Waals surface area contributed by atoms with Crippen LogP contribution >= 0.6 is 0 Å². The maximum absolute atomic E-state index is 12.0. The van der Waals surface area contributed by atoms with E-state index in [2.05, 4.69) is 4.98 Å². The molecule has 0 aromatic carbocycles. The number of aromatic nitrogens is 2. The van der Waals surface area contributed by atoms with Crippen molar-refractivity contribution in [1.82, 2.24) is 14.3 Å². The molecule has 5 heteroatoms. The molecular formula is C14H19N3O2. The predicted molar refractivity (Wildman–Crippen MR) is 74.2 cm³/mol. The van der Waals surface area contributed by atoms with Crippen molar-refractivity contribution in [2.75, 3.05) is 13.6 Å². The Morgan fingerprint density at radius 2 is 2.26 bits per heavy atom. The average Bonchev–Trinajstić information content (AvgIpc) is 2.29. The third kappa shape index (κ3) is 3.19. The molecule has 0 bridgehead atoms. The lowest BCUT2D eigenvalue weighted by molar-refractivity contribution is 0.138. The number of aliphatic hydroxyl groups is 1. The zero-order valence-electron chi connectivity index (χ0n) is 11.5. The van der Waals surface area contributed by atoms with Gasteiger partial charge < -0.3 is 5.11 Å². The summed E-state index contributed by atoms with van der Waals surface area (Å²) in [7, 11) is 1.90. The van der Waals surface area contributed by atoms with E-state index in [0.717, 1.165) is 11.3 Å².